The van der Waals surface area contributed by atoms with Gasteiger partial charge in [0.2, 0.25) is 0 Å². The molecule has 1 saturated carbocycles. The van der Waals surface area contributed by atoms with Crippen LogP contribution in [0.2, 0.25) is 0 Å². The summed E-state index contributed by atoms with van der Waals surface area (Å²) in [5.74, 6) is -2.18. The molecule has 0 aliphatic heterocycles. The van der Waals surface area contributed by atoms with E-state index in [0.29, 0.717) is 0 Å². The van der Waals surface area contributed by atoms with Gasteiger partial charge in [-0.3, -0.25) is 9.59 Å². The van der Waals surface area contributed by atoms with Crippen molar-refractivity contribution < 1.29 is 39.5 Å². The Morgan fingerprint density at radius 1 is 0.810 bits per heavy atom. The molecule has 0 saturated heterocycles. The first-order chi connectivity index (χ1) is 9.13. The summed E-state index contributed by atoms with van der Waals surface area (Å²) >= 11 is 35.3. The van der Waals surface area contributed by atoms with Crippen LogP contribution in [0.4, 0.5) is 4.39 Å². The van der Waals surface area contributed by atoms with E-state index >= 15 is 0 Å². The van der Waals surface area contributed by atoms with Gasteiger partial charge in [-0.1, -0.05) is 0 Å². The Bertz CT molecular complexity index is 292. The van der Waals surface area contributed by atoms with Crippen LogP contribution in [0.1, 0.15) is 6.42 Å². The largest absolute Gasteiger partial charge is 0.481 e. The fourth-order valence-electron chi connectivity index (χ4n) is 1.27. The first kappa shape index (κ1) is 24.7. The number of rotatable bonds is 3. The van der Waals surface area contributed by atoms with Crippen molar-refractivity contribution in [2.75, 3.05) is 6.67 Å². The minimum Gasteiger partial charge on any atom is -0.481 e. The minimum atomic E-state index is -1.28. The molecule has 0 heterocycles. The monoisotopic (exact) mass is 514 g/mol. The normalized spacial score (nSPS) is 35.0. The number of Topliss-reactive ketones (excluding diaryl/α,β-unsaturated/α-hetero) is 1. The Morgan fingerprint density at radius 2 is 1.05 bits per heavy atom. The summed E-state index contributed by atoms with van der Waals surface area (Å²) in [4.78, 5) is 19.4. The maximum atomic E-state index is 11.1. The molecule has 128 valence electrons. The van der Waals surface area contributed by atoms with Crippen LogP contribution >= 0.6 is 69.6 Å². The van der Waals surface area contributed by atoms with Gasteiger partial charge in [0.15, 0.2) is 5.78 Å². The first-order valence-electron chi connectivity index (χ1n) is 5.27. The van der Waals surface area contributed by atoms with E-state index in [9.17, 15) is 14.0 Å². The van der Waals surface area contributed by atoms with Crippen molar-refractivity contribution in [3.63, 3.8) is 0 Å². The van der Waals surface area contributed by atoms with Crippen molar-refractivity contribution in [3.05, 3.63) is 0 Å². The number of carbonyl (C=O) groups excluding carboxylic acids is 1. The summed E-state index contributed by atoms with van der Waals surface area (Å²) in [6, 6.07) is 0. The van der Waals surface area contributed by atoms with Crippen LogP contribution in [0.25, 0.3) is 0 Å². The van der Waals surface area contributed by atoms with Crippen LogP contribution in [0.15, 0.2) is 0 Å². The van der Waals surface area contributed by atoms with E-state index in [2.05, 4.69) is 0 Å². The van der Waals surface area contributed by atoms with Gasteiger partial charge in [-0.15, -0.1) is 69.6 Å². The number of aliphatic carboxylic acids is 1. The number of hydrogen-bond donors (Lipinski definition) is 1. The molecule has 1 rings (SSSR count). The van der Waals surface area contributed by atoms with Gasteiger partial charge in [0, 0.05) is 20.4 Å². The van der Waals surface area contributed by atoms with Crippen molar-refractivity contribution in [2.24, 2.45) is 0 Å². The van der Waals surface area contributed by atoms with Gasteiger partial charge in [-0.05, 0) is 0 Å². The summed E-state index contributed by atoms with van der Waals surface area (Å²) < 4.78 is 11.1. The molecule has 0 aromatic heterocycles. The van der Waals surface area contributed by atoms with E-state index in [-0.39, 0.29) is 20.4 Å². The zero-order valence-corrected chi connectivity index (χ0v) is 16.2. The van der Waals surface area contributed by atoms with E-state index < -0.39 is 57.1 Å². The molecule has 11 heteroatoms. The SMILES string of the molecule is ClC1C(Cl)C(Cl)C(Cl)C(Cl)C1Cl.O=C(O)CC(=O)CF.[Pd]. The molecule has 3 nitrogen and oxygen atoms in total. The van der Waals surface area contributed by atoms with Gasteiger partial charge in [0.25, 0.3) is 0 Å². The third-order valence-electron chi connectivity index (χ3n) is 2.32. The van der Waals surface area contributed by atoms with Crippen LogP contribution in [0.5, 0.6) is 0 Å². The summed E-state index contributed by atoms with van der Waals surface area (Å²) in [6.45, 7) is -1.19. The first-order valence-corrected chi connectivity index (χ1v) is 7.89. The van der Waals surface area contributed by atoms with Crippen molar-refractivity contribution in [1.82, 2.24) is 0 Å². The van der Waals surface area contributed by atoms with Gasteiger partial charge in [0.1, 0.15) is 13.1 Å². The minimum absolute atomic E-state index is 0. The zero-order chi connectivity index (χ0) is 16.0. The van der Waals surface area contributed by atoms with Gasteiger partial charge in [-0.2, -0.15) is 0 Å². The molecule has 0 radical (unpaired) electrons. The van der Waals surface area contributed by atoms with Gasteiger partial charge in [-0.25, -0.2) is 4.39 Å². The molecule has 0 atom stereocenters. The van der Waals surface area contributed by atoms with E-state index in [0.717, 1.165) is 0 Å². The Hall–Kier alpha value is 1.47. The van der Waals surface area contributed by atoms with Gasteiger partial charge >= 0.3 is 5.97 Å². The predicted molar refractivity (Wildman–Crippen MR) is 81.1 cm³/mol. The predicted octanol–water partition coefficient (Wildman–Crippen LogP) is 3.64. The number of carboxylic acids is 1. The average molecular weight is 517 g/mol. The van der Waals surface area contributed by atoms with Crippen LogP contribution in [-0.2, 0) is 30.0 Å². The number of alkyl halides is 7. The fourth-order valence-corrected chi connectivity index (χ4v) is 3.60. The molecule has 0 spiro atoms. The fraction of sp³-hybridized carbons (Fsp3) is 0.800. The molecule has 1 fully saturated rings. The van der Waals surface area contributed by atoms with Crippen LogP contribution < -0.4 is 0 Å². The van der Waals surface area contributed by atoms with Gasteiger partial charge < -0.3 is 5.11 Å². The summed E-state index contributed by atoms with van der Waals surface area (Å²) in [5, 5.41) is 5.21. The summed E-state index contributed by atoms with van der Waals surface area (Å²) in [7, 11) is 0. The molecular formula is C10H11Cl6FO3Pd. The number of carbonyl (C=O) groups is 2. The van der Waals surface area contributed by atoms with Crippen molar-refractivity contribution in [1.29, 1.82) is 0 Å². The maximum absolute atomic E-state index is 11.1. The Morgan fingerprint density at radius 3 is 1.14 bits per heavy atom. The molecule has 0 unspecified atom stereocenters. The molecule has 0 bridgehead atoms. The Balaban J connectivity index is 0. The molecule has 0 aromatic carbocycles. The van der Waals surface area contributed by atoms with Crippen LogP contribution in [0, 0.1) is 0 Å². The second kappa shape index (κ2) is 11.9. The molecule has 1 aliphatic rings. The molecule has 0 amide bonds. The summed E-state index contributed by atoms with van der Waals surface area (Å²) in [5.41, 5.74) is 0. The number of ketones is 1. The second-order valence-electron chi connectivity index (χ2n) is 3.91. The van der Waals surface area contributed by atoms with Crippen molar-refractivity contribution >= 4 is 81.4 Å². The molecule has 1 aliphatic carbocycles. The Labute approximate surface area is 165 Å². The molecular weight excluding hydrogens is 506 g/mol. The number of hydrogen-bond acceptors (Lipinski definition) is 2. The van der Waals surface area contributed by atoms with E-state index in [1.807, 2.05) is 0 Å². The smallest absolute Gasteiger partial charge is 0.310 e. The molecule has 1 N–H and O–H groups in total. The van der Waals surface area contributed by atoms with E-state index in [4.69, 9.17) is 74.7 Å². The summed E-state index contributed by atoms with van der Waals surface area (Å²) in [6.07, 6.45) is -0.712. The molecule has 0 aromatic rings. The molecule has 21 heavy (non-hydrogen) atoms. The van der Waals surface area contributed by atoms with Gasteiger partial charge in [0.05, 0.1) is 32.3 Å². The standard InChI is InChI=1S/C6H6Cl6.C4H5FO3.Pd/c7-1-2(8)4(10)6(12)5(11)3(1)9;5-2-3(6)1-4(7)8;/h1-6H;1-2H2,(H,7,8);. The number of carboxylic acid groups (broad SMARTS) is 1. The van der Waals surface area contributed by atoms with Crippen molar-refractivity contribution in [2.45, 2.75) is 38.7 Å². The Kier molecular flexibility index (Phi) is 14.0. The van der Waals surface area contributed by atoms with E-state index in [1.54, 1.807) is 0 Å². The topological polar surface area (TPSA) is 54.4 Å². The van der Waals surface area contributed by atoms with Crippen molar-refractivity contribution in [3.8, 4) is 0 Å². The van der Waals surface area contributed by atoms with Crippen LogP contribution in [0.3, 0.4) is 0 Å². The zero-order valence-electron chi connectivity index (χ0n) is 10.1. The van der Waals surface area contributed by atoms with E-state index in [1.165, 1.54) is 0 Å². The second-order valence-corrected chi connectivity index (χ2v) is 6.93. The van der Waals surface area contributed by atoms with Crippen LogP contribution in [-0.4, -0.2) is 55.8 Å². The third-order valence-corrected chi connectivity index (χ3v) is 6.35. The number of halogens is 7. The average Bonchev–Trinajstić information content (AvgIpc) is 2.40. The quantitative estimate of drug-likeness (QED) is 0.354. The third kappa shape index (κ3) is 8.22. The maximum Gasteiger partial charge on any atom is 0.310 e.